The molecule has 0 saturated heterocycles. The Bertz CT molecular complexity index is 931. The van der Waals surface area contributed by atoms with E-state index in [0.717, 1.165) is 0 Å². The molecule has 0 atom stereocenters. The number of nitrogens with one attached hydrogen (secondary N) is 2. The van der Waals surface area contributed by atoms with Crippen LogP contribution in [-0.4, -0.2) is 22.7 Å². The quantitative estimate of drug-likeness (QED) is 0.594. The maximum atomic E-state index is 12.3. The summed E-state index contributed by atoms with van der Waals surface area (Å²) in [5.41, 5.74) is 1.01. The second-order valence-corrected chi connectivity index (χ2v) is 5.57. The van der Waals surface area contributed by atoms with Crippen LogP contribution in [0.4, 0.5) is 16.2 Å². The Kier molecular flexibility index (Phi) is 4.90. The molecule has 0 radical (unpaired) electrons. The third kappa shape index (κ3) is 3.59. The lowest BCUT2D eigenvalue weighted by atomic mass is 10.2. The minimum Gasteiger partial charge on any atom is -0.504 e. The van der Waals surface area contributed by atoms with Crippen molar-refractivity contribution >= 4 is 39.9 Å². The number of para-hydroxylation sites is 2. The van der Waals surface area contributed by atoms with Crippen molar-refractivity contribution in [1.29, 1.82) is 0 Å². The molecule has 3 N–H and O–H groups in total. The number of hydrogen-bond acceptors (Lipinski definition) is 4. The third-order valence-corrected chi connectivity index (χ3v) is 3.81. The monoisotopic (exact) mass is 357 g/mol. The minimum absolute atomic E-state index is 0.145. The lowest BCUT2D eigenvalue weighted by molar-refractivity contribution is 0.261. The zero-order chi connectivity index (χ0) is 17.8. The third-order valence-electron chi connectivity index (χ3n) is 3.50. The average molecular weight is 358 g/mol. The number of phenolic OH excluding ortho intramolecular Hbond substituents is 1. The fourth-order valence-corrected chi connectivity index (χ4v) is 2.67. The first-order valence-corrected chi connectivity index (χ1v) is 8.04. The van der Waals surface area contributed by atoms with E-state index in [1.807, 2.05) is 13.0 Å². The van der Waals surface area contributed by atoms with E-state index in [1.165, 1.54) is 6.07 Å². The molecule has 2 aromatic carbocycles. The summed E-state index contributed by atoms with van der Waals surface area (Å²) in [6, 6.07) is 11.5. The summed E-state index contributed by atoms with van der Waals surface area (Å²) >= 11 is 6.20. The number of pyridine rings is 1. The summed E-state index contributed by atoms with van der Waals surface area (Å²) in [7, 11) is 0. The van der Waals surface area contributed by atoms with Gasteiger partial charge in [-0.25, -0.2) is 4.79 Å². The molecule has 0 aliphatic heterocycles. The van der Waals surface area contributed by atoms with Crippen LogP contribution in [0.2, 0.25) is 5.02 Å². The van der Waals surface area contributed by atoms with Crippen molar-refractivity contribution in [3.8, 4) is 11.5 Å². The Morgan fingerprint density at radius 2 is 1.96 bits per heavy atom. The molecule has 25 heavy (non-hydrogen) atoms. The van der Waals surface area contributed by atoms with Crippen molar-refractivity contribution in [3.05, 3.63) is 53.7 Å². The van der Waals surface area contributed by atoms with Gasteiger partial charge < -0.3 is 20.5 Å². The van der Waals surface area contributed by atoms with E-state index in [-0.39, 0.29) is 11.4 Å². The van der Waals surface area contributed by atoms with Gasteiger partial charge in [-0.15, -0.1) is 0 Å². The van der Waals surface area contributed by atoms with E-state index in [1.54, 1.807) is 36.5 Å². The number of fused-ring (bicyclic) bond motifs is 1. The fourth-order valence-electron chi connectivity index (χ4n) is 2.41. The second-order valence-electron chi connectivity index (χ2n) is 5.16. The molecule has 3 aromatic rings. The molecule has 128 valence electrons. The lowest BCUT2D eigenvalue weighted by Gasteiger charge is -2.13. The number of carbonyl (C=O) groups is 1. The molecule has 3 rings (SSSR count). The number of phenols is 1. The van der Waals surface area contributed by atoms with Gasteiger partial charge in [0.25, 0.3) is 0 Å². The van der Waals surface area contributed by atoms with Crippen molar-refractivity contribution in [3.63, 3.8) is 0 Å². The van der Waals surface area contributed by atoms with Gasteiger partial charge in [0, 0.05) is 11.6 Å². The minimum atomic E-state index is -0.534. The van der Waals surface area contributed by atoms with Gasteiger partial charge >= 0.3 is 6.03 Å². The van der Waals surface area contributed by atoms with Gasteiger partial charge in [-0.05, 0) is 37.3 Å². The molecule has 6 nitrogen and oxygen atoms in total. The first-order chi connectivity index (χ1) is 12.1. The van der Waals surface area contributed by atoms with Crippen LogP contribution in [-0.2, 0) is 0 Å². The highest BCUT2D eigenvalue weighted by atomic mass is 35.5. The number of aromatic hydroxyl groups is 1. The largest absolute Gasteiger partial charge is 0.504 e. The smallest absolute Gasteiger partial charge is 0.323 e. The molecule has 0 aliphatic rings. The van der Waals surface area contributed by atoms with Crippen LogP contribution in [0.5, 0.6) is 11.5 Å². The number of nitrogens with zero attached hydrogens (tertiary/aromatic N) is 1. The van der Waals surface area contributed by atoms with Gasteiger partial charge in [0.2, 0.25) is 0 Å². The van der Waals surface area contributed by atoms with Crippen LogP contribution < -0.4 is 15.4 Å². The van der Waals surface area contributed by atoms with E-state index in [4.69, 9.17) is 16.3 Å². The number of rotatable bonds is 4. The van der Waals surface area contributed by atoms with Gasteiger partial charge in [0.1, 0.15) is 11.3 Å². The number of anilines is 2. The summed E-state index contributed by atoms with van der Waals surface area (Å²) in [5, 5.41) is 16.6. The molecule has 1 aromatic heterocycles. The topological polar surface area (TPSA) is 83.5 Å². The standard InChI is InChI=1S/C18H16ClN3O3/c1-2-25-15-8-4-3-7-13(15)21-18(24)22-14-10-12(19)11-6-5-9-20-16(11)17(14)23/h3-10,23H,2H2,1H3,(H2,21,22,24). The summed E-state index contributed by atoms with van der Waals surface area (Å²) in [6.45, 7) is 2.34. The summed E-state index contributed by atoms with van der Waals surface area (Å²) in [6.07, 6.45) is 1.54. The molecular weight excluding hydrogens is 342 g/mol. The van der Waals surface area contributed by atoms with Crippen molar-refractivity contribution in [2.75, 3.05) is 17.2 Å². The second kappa shape index (κ2) is 7.27. The average Bonchev–Trinajstić information content (AvgIpc) is 2.61. The van der Waals surface area contributed by atoms with E-state index in [0.29, 0.717) is 34.0 Å². The Morgan fingerprint density at radius 3 is 2.76 bits per heavy atom. The Balaban J connectivity index is 1.84. The Hall–Kier alpha value is -2.99. The van der Waals surface area contributed by atoms with Gasteiger partial charge in [0.05, 0.1) is 23.0 Å². The van der Waals surface area contributed by atoms with E-state index in [2.05, 4.69) is 15.6 Å². The molecule has 0 spiro atoms. The summed E-state index contributed by atoms with van der Waals surface area (Å²) in [4.78, 5) is 16.4. The number of halogens is 1. The fraction of sp³-hybridized carbons (Fsp3) is 0.111. The Labute approximate surface area is 149 Å². The van der Waals surface area contributed by atoms with E-state index in [9.17, 15) is 9.90 Å². The van der Waals surface area contributed by atoms with Crippen LogP contribution in [0, 0.1) is 0 Å². The number of aromatic nitrogens is 1. The van der Waals surface area contributed by atoms with E-state index < -0.39 is 6.03 Å². The molecule has 0 aliphatic carbocycles. The lowest BCUT2D eigenvalue weighted by Crippen LogP contribution is -2.20. The number of hydrogen-bond donors (Lipinski definition) is 3. The predicted molar refractivity (Wildman–Crippen MR) is 98.7 cm³/mol. The zero-order valence-electron chi connectivity index (χ0n) is 13.4. The molecule has 0 saturated carbocycles. The molecule has 0 bridgehead atoms. The molecule has 0 unspecified atom stereocenters. The van der Waals surface area contributed by atoms with Crippen LogP contribution in [0.25, 0.3) is 10.9 Å². The number of ether oxygens (including phenoxy) is 1. The first kappa shape index (κ1) is 16.9. The maximum absolute atomic E-state index is 12.3. The molecule has 0 fully saturated rings. The van der Waals surface area contributed by atoms with E-state index >= 15 is 0 Å². The van der Waals surface area contributed by atoms with Crippen LogP contribution in [0.15, 0.2) is 48.7 Å². The highest BCUT2D eigenvalue weighted by Crippen LogP contribution is 2.36. The number of benzene rings is 2. The maximum Gasteiger partial charge on any atom is 0.323 e. The van der Waals surface area contributed by atoms with Gasteiger partial charge in [-0.2, -0.15) is 0 Å². The van der Waals surface area contributed by atoms with Crippen molar-refractivity contribution in [1.82, 2.24) is 4.98 Å². The van der Waals surface area contributed by atoms with Crippen LogP contribution in [0.3, 0.4) is 0 Å². The van der Waals surface area contributed by atoms with Gasteiger partial charge in [-0.1, -0.05) is 23.7 Å². The number of urea groups is 1. The van der Waals surface area contributed by atoms with Crippen LogP contribution >= 0.6 is 11.6 Å². The summed E-state index contributed by atoms with van der Waals surface area (Å²) < 4.78 is 5.47. The number of carbonyl (C=O) groups excluding carboxylic acids is 1. The highest BCUT2D eigenvalue weighted by Gasteiger charge is 2.14. The Morgan fingerprint density at radius 1 is 1.20 bits per heavy atom. The zero-order valence-corrected chi connectivity index (χ0v) is 14.2. The first-order valence-electron chi connectivity index (χ1n) is 7.66. The SMILES string of the molecule is CCOc1ccccc1NC(=O)Nc1cc(Cl)c2cccnc2c1O. The van der Waals surface area contributed by atoms with Crippen molar-refractivity contribution < 1.29 is 14.6 Å². The number of amides is 2. The van der Waals surface area contributed by atoms with Crippen molar-refractivity contribution in [2.24, 2.45) is 0 Å². The normalized spacial score (nSPS) is 10.5. The molecular formula is C18H16ClN3O3. The van der Waals surface area contributed by atoms with Crippen LogP contribution in [0.1, 0.15) is 6.92 Å². The summed E-state index contributed by atoms with van der Waals surface area (Å²) in [5.74, 6) is 0.413. The van der Waals surface area contributed by atoms with Gasteiger partial charge in [-0.3, -0.25) is 4.98 Å². The molecule has 7 heteroatoms. The predicted octanol–water partition coefficient (Wildman–Crippen LogP) is 4.64. The van der Waals surface area contributed by atoms with Gasteiger partial charge in [0.15, 0.2) is 5.75 Å². The molecule has 2 amide bonds. The molecule has 1 heterocycles. The highest BCUT2D eigenvalue weighted by molar-refractivity contribution is 6.36. The van der Waals surface area contributed by atoms with Crippen molar-refractivity contribution in [2.45, 2.75) is 6.92 Å².